The topological polar surface area (TPSA) is 38.7 Å². The van der Waals surface area contributed by atoms with Crippen molar-refractivity contribution in [1.29, 1.82) is 0 Å². The number of halogens is 2. The molecular formula is C11H14BrFO3. The van der Waals surface area contributed by atoms with Crippen LogP contribution in [0, 0.1) is 5.82 Å². The molecule has 0 fully saturated rings. The molecule has 1 aromatic carbocycles. The van der Waals surface area contributed by atoms with Gasteiger partial charge in [-0.2, -0.15) is 0 Å². The Morgan fingerprint density at radius 3 is 2.25 bits per heavy atom. The third-order valence-corrected chi connectivity index (χ3v) is 2.75. The SMILES string of the molecule is COc1cc(Br)c(F)c(OC)c1C(C)(C)O. The molecule has 1 rings (SSSR count). The zero-order valence-electron chi connectivity index (χ0n) is 9.60. The standard InChI is InChI=1S/C11H14BrFO3/c1-11(2,14)8-7(15-3)5-6(12)9(13)10(8)16-4/h5,14H,1-4H3. The van der Waals surface area contributed by atoms with Crippen LogP contribution in [0.25, 0.3) is 0 Å². The Morgan fingerprint density at radius 2 is 1.88 bits per heavy atom. The summed E-state index contributed by atoms with van der Waals surface area (Å²) in [4.78, 5) is 0. The maximum Gasteiger partial charge on any atom is 0.179 e. The van der Waals surface area contributed by atoms with Gasteiger partial charge < -0.3 is 14.6 Å². The number of methoxy groups -OCH3 is 2. The highest BCUT2D eigenvalue weighted by Gasteiger charge is 2.29. The molecule has 0 aliphatic rings. The van der Waals surface area contributed by atoms with Crippen molar-refractivity contribution in [3.63, 3.8) is 0 Å². The minimum absolute atomic E-state index is 0.0151. The van der Waals surface area contributed by atoms with Gasteiger partial charge in [0.05, 0.1) is 29.9 Å². The molecular weight excluding hydrogens is 279 g/mol. The Bertz CT molecular complexity index is 399. The molecule has 0 bridgehead atoms. The minimum Gasteiger partial charge on any atom is -0.496 e. The van der Waals surface area contributed by atoms with E-state index in [1.807, 2.05) is 0 Å². The van der Waals surface area contributed by atoms with Crippen molar-refractivity contribution in [2.75, 3.05) is 14.2 Å². The first-order chi connectivity index (χ1) is 7.32. The Labute approximate surface area is 102 Å². The van der Waals surface area contributed by atoms with E-state index in [1.54, 1.807) is 13.8 Å². The quantitative estimate of drug-likeness (QED) is 0.931. The average Bonchev–Trinajstić information content (AvgIpc) is 2.19. The van der Waals surface area contributed by atoms with Gasteiger partial charge in [-0.1, -0.05) is 0 Å². The fourth-order valence-corrected chi connectivity index (χ4v) is 1.90. The summed E-state index contributed by atoms with van der Waals surface area (Å²) in [5.41, 5.74) is -0.962. The number of aliphatic hydroxyl groups is 1. The van der Waals surface area contributed by atoms with Crippen LogP contribution in [0.3, 0.4) is 0 Å². The summed E-state index contributed by atoms with van der Waals surface area (Å²) in [6, 6.07) is 1.46. The van der Waals surface area contributed by atoms with Crippen LogP contribution in [-0.4, -0.2) is 19.3 Å². The van der Waals surface area contributed by atoms with Crippen molar-refractivity contribution >= 4 is 15.9 Å². The van der Waals surface area contributed by atoms with Crippen LogP contribution < -0.4 is 9.47 Å². The molecule has 0 aliphatic heterocycles. The summed E-state index contributed by atoms with van der Waals surface area (Å²) in [5.74, 6) is -0.197. The summed E-state index contributed by atoms with van der Waals surface area (Å²) in [7, 11) is 2.80. The van der Waals surface area contributed by atoms with Gasteiger partial charge in [-0.25, -0.2) is 4.39 Å². The molecule has 0 aliphatic carbocycles. The second-order valence-corrected chi connectivity index (χ2v) is 4.70. The van der Waals surface area contributed by atoms with Crippen molar-refractivity contribution in [2.24, 2.45) is 0 Å². The van der Waals surface area contributed by atoms with Crippen LogP contribution in [0.5, 0.6) is 11.5 Å². The largest absolute Gasteiger partial charge is 0.496 e. The molecule has 90 valence electrons. The van der Waals surface area contributed by atoms with Crippen molar-refractivity contribution in [1.82, 2.24) is 0 Å². The highest BCUT2D eigenvalue weighted by atomic mass is 79.9. The van der Waals surface area contributed by atoms with E-state index in [4.69, 9.17) is 9.47 Å². The number of benzene rings is 1. The molecule has 16 heavy (non-hydrogen) atoms. The molecule has 0 heterocycles. The first-order valence-corrected chi connectivity index (χ1v) is 5.45. The fourth-order valence-electron chi connectivity index (χ4n) is 1.51. The van der Waals surface area contributed by atoms with Gasteiger partial charge in [-0.05, 0) is 35.8 Å². The molecule has 0 aromatic heterocycles. The Kier molecular flexibility index (Phi) is 3.80. The molecule has 0 atom stereocenters. The summed E-state index contributed by atoms with van der Waals surface area (Å²) in [5, 5.41) is 9.99. The Morgan fingerprint density at radius 1 is 1.31 bits per heavy atom. The van der Waals surface area contributed by atoms with Crippen molar-refractivity contribution in [3.05, 3.63) is 21.9 Å². The minimum atomic E-state index is -1.25. The number of rotatable bonds is 3. The third-order valence-electron chi connectivity index (χ3n) is 2.18. The molecule has 0 spiro atoms. The summed E-state index contributed by atoms with van der Waals surface area (Å²) in [6.45, 7) is 3.08. The van der Waals surface area contributed by atoms with Crippen LogP contribution in [0.4, 0.5) is 4.39 Å². The Hall–Kier alpha value is -0.810. The average molecular weight is 293 g/mol. The molecule has 1 N–H and O–H groups in total. The lowest BCUT2D eigenvalue weighted by atomic mass is 9.96. The van der Waals surface area contributed by atoms with E-state index in [0.29, 0.717) is 11.3 Å². The van der Waals surface area contributed by atoms with Crippen LogP contribution in [-0.2, 0) is 5.60 Å². The van der Waals surface area contributed by atoms with E-state index in [-0.39, 0.29) is 10.2 Å². The summed E-state index contributed by atoms with van der Waals surface area (Å²) >= 11 is 3.06. The van der Waals surface area contributed by atoms with E-state index >= 15 is 0 Å². The molecule has 5 heteroatoms. The lowest BCUT2D eigenvalue weighted by Gasteiger charge is -2.24. The summed E-state index contributed by atoms with van der Waals surface area (Å²) < 4.78 is 24.1. The predicted molar refractivity (Wildman–Crippen MR) is 62.4 cm³/mol. The number of ether oxygens (including phenoxy) is 2. The van der Waals surface area contributed by atoms with Crippen molar-refractivity contribution in [3.8, 4) is 11.5 Å². The molecule has 0 amide bonds. The van der Waals surface area contributed by atoms with E-state index < -0.39 is 11.4 Å². The molecule has 0 saturated carbocycles. The van der Waals surface area contributed by atoms with Gasteiger partial charge in [0.1, 0.15) is 5.75 Å². The first kappa shape index (κ1) is 13.3. The summed E-state index contributed by atoms with van der Waals surface area (Å²) in [6.07, 6.45) is 0. The second-order valence-electron chi connectivity index (χ2n) is 3.84. The predicted octanol–water partition coefficient (Wildman–Crippen LogP) is 2.83. The van der Waals surface area contributed by atoms with E-state index in [9.17, 15) is 9.50 Å². The molecule has 0 saturated heterocycles. The van der Waals surface area contributed by atoms with E-state index in [0.717, 1.165) is 0 Å². The van der Waals surface area contributed by atoms with Crippen LogP contribution in [0.2, 0.25) is 0 Å². The van der Waals surface area contributed by atoms with Gasteiger partial charge in [0.2, 0.25) is 0 Å². The van der Waals surface area contributed by atoms with Crippen LogP contribution in [0.15, 0.2) is 10.5 Å². The van der Waals surface area contributed by atoms with E-state index in [2.05, 4.69) is 15.9 Å². The van der Waals surface area contributed by atoms with Gasteiger partial charge in [0.15, 0.2) is 11.6 Å². The van der Waals surface area contributed by atoms with Crippen molar-refractivity contribution < 1.29 is 19.0 Å². The molecule has 0 unspecified atom stereocenters. The smallest absolute Gasteiger partial charge is 0.179 e. The normalized spacial score (nSPS) is 11.4. The molecule has 3 nitrogen and oxygen atoms in total. The highest BCUT2D eigenvalue weighted by molar-refractivity contribution is 9.10. The van der Waals surface area contributed by atoms with Gasteiger partial charge in [-0.3, -0.25) is 0 Å². The van der Waals surface area contributed by atoms with E-state index in [1.165, 1.54) is 20.3 Å². The van der Waals surface area contributed by atoms with Gasteiger partial charge in [0.25, 0.3) is 0 Å². The van der Waals surface area contributed by atoms with Crippen LogP contribution >= 0.6 is 15.9 Å². The highest BCUT2D eigenvalue weighted by Crippen LogP contribution is 2.42. The lowest BCUT2D eigenvalue weighted by molar-refractivity contribution is 0.0718. The Balaban J connectivity index is 3.60. The lowest BCUT2D eigenvalue weighted by Crippen LogP contribution is -2.19. The zero-order valence-corrected chi connectivity index (χ0v) is 11.2. The first-order valence-electron chi connectivity index (χ1n) is 4.65. The monoisotopic (exact) mass is 292 g/mol. The number of hydrogen-bond acceptors (Lipinski definition) is 3. The van der Waals surface area contributed by atoms with Crippen LogP contribution in [0.1, 0.15) is 19.4 Å². The van der Waals surface area contributed by atoms with Gasteiger partial charge in [0, 0.05) is 0 Å². The zero-order chi connectivity index (χ0) is 12.5. The fraction of sp³-hybridized carbons (Fsp3) is 0.455. The second kappa shape index (κ2) is 4.59. The maximum absolute atomic E-state index is 13.8. The molecule has 0 radical (unpaired) electrons. The maximum atomic E-state index is 13.8. The number of hydrogen-bond donors (Lipinski definition) is 1. The molecule has 1 aromatic rings. The third kappa shape index (κ3) is 2.30. The van der Waals surface area contributed by atoms with Gasteiger partial charge in [-0.15, -0.1) is 0 Å². The van der Waals surface area contributed by atoms with Crippen molar-refractivity contribution in [2.45, 2.75) is 19.4 Å². The van der Waals surface area contributed by atoms with Gasteiger partial charge >= 0.3 is 0 Å².